The first-order valence-corrected chi connectivity index (χ1v) is 15.9. The lowest BCUT2D eigenvalue weighted by Gasteiger charge is -2.22. The van der Waals surface area contributed by atoms with Crippen molar-refractivity contribution >= 4 is 40.2 Å². The summed E-state index contributed by atoms with van der Waals surface area (Å²) >= 11 is 0. The number of carbonyl (C=O) groups excluding carboxylic acids is 1. The molecule has 12 nitrogen and oxygen atoms in total. The monoisotopic (exact) mass is 781 g/mol. The van der Waals surface area contributed by atoms with Crippen LogP contribution in [0.2, 0.25) is 0 Å². The number of benzene rings is 3. The van der Waals surface area contributed by atoms with Crippen molar-refractivity contribution in [1.29, 1.82) is 0 Å². The minimum atomic E-state index is -5.08. The van der Waals surface area contributed by atoms with Crippen molar-refractivity contribution in [1.82, 2.24) is 15.0 Å². The number of ether oxygens (including phenoxy) is 2. The van der Waals surface area contributed by atoms with E-state index in [0.29, 0.717) is 47.1 Å². The van der Waals surface area contributed by atoms with Crippen molar-refractivity contribution in [2.75, 3.05) is 24.8 Å². The van der Waals surface area contributed by atoms with Crippen LogP contribution < -0.4 is 15.8 Å². The van der Waals surface area contributed by atoms with Gasteiger partial charge in [0.05, 0.1) is 25.0 Å². The first kappa shape index (κ1) is 43.0. The molecule has 5 aromatic rings. The van der Waals surface area contributed by atoms with Crippen LogP contribution in [0.3, 0.4) is 0 Å². The van der Waals surface area contributed by atoms with Gasteiger partial charge in [-0.05, 0) is 73.7 Å². The number of nitrogens with two attached hydrogens (primary N) is 1. The number of rotatable bonds is 9. The minimum absolute atomic E-state index is 0.185. The highest BCUT2D eigenvalue weighted by Crippen LogP contribution is 2.35. The largest absolute Gasteiger partial charge is 0.491 e. The molecular formula is C36H34F7N5O7. The summed E-state index contributed by atoms with van der Waals surface area (Å²) in [7, 11) is 1.34. The topological polar surface area (TPSA) is 190 Å². The number of nitrogens with one attached hydrogen (secondary N) is 2. The summed E-state index contributed by atoms with van der Waals surface area (Å²) in [4.78, 5) is 42.6. The first-order chi connectivity index (χ1) is 25.7. The lowest BCUT2D eigenvalue weighted by molar-refractivity contribution is -0.193. The number of nitrogen functional groups attached to an aromatic ring is 1. The van der Waals surface area contributed by atoms with Crippen molar-refractivity contribution in [3.05, 3.63) is 101 Å². The van der Waals surface area contributed by atoms with Crippen LogP contribution in [0, 0.1) is 12.7 Å². The Morgan fingerprint density at radius 2 is 1.58 bits per heavy atom. The molecule has 6 N–H and O–H groups in total. The fourth-order valence-corrected chi connectivity index (χ4v) is 4.89. The highest BCUT2D eigenvalue weighted by Gasteiger charge is 2.39. The Hall–Kier alpha value is -6.40. The van der Waals surface area contributed by atoms with Crippen molar-refractivity contribution in [3.8, 4) is 17.0 Å². The van der Waals surface area contributed by atoms with Crippen LogP contribution in [0.1, 0.15) is 52.8 Å². The number of fused-ring (bicyclic) bond motifs is 1. The molecule has 1 atom stereocenters. The number of anilines is 2. The van der Waals surface area contributed by atoms with Crippen LogP contribution in [0.15, 0.2) is 67.0 Å². The Labute approximate surface area is 308 Å². The lowest BCUT2D eigenvalue weighted by Crippen LogP contribution is -2.21. The van der Waals surface area contributed by atoms with E-state index in [0.717, 1.165) is 27.6 Å². The molecule has 5 rings (SSSR count). The zero-order valence-electron chi connectivity index (χ0n) is 29.4. The molecule has 0 bridgehead atoms. The molecule has 0 aliphatic rings. The number of methoxy groups -OCH3 is 1. The van der Waals surface area contributed by atoms with E-state index >= 15 is 4.39 Å². The second kappa shape index (κ2) is 18.1. The summed E-state index contributed by atoms with van der Waals surface area (Å²) in [5.41, 5.74) is 10.6. The van der Waals surface area contributed by atoms with Gasteiger partial charge in [-0.2, -0.15) is 26.3 Å². The maximum atomic E-state index is 16.0. The summed E-state index contributed by atoms with van der Waals surface area (Å²) < 4.78 is 90.2. The van der Waals surface area contributed by atoms with Crippen LogP contribution in [-0.2, 0) is 20.7 Å². The van der Waals surface area contributed by atoms with E-state index in [1.54, 1.807) is 24.5 Å². The van der Waals surface area contributed by atoms with Gasteiger partial charge in [0.2, 0.25) is 0 Å². The minimum Gasteiger partial charge on any atom is -0.491 e. The standard InChI is InChI=1S/C32H32FN5O3.2C2HF3O2/c1-5-19-14-25(28(33)27(15-19)41-6-2)29(37-21-8-10-22-20(16-21)11-12-35-30(22)34)31-36-17-26(38-31)24-13-18(3)7-9-23(24)32(39)40-4;2*3-2(4,5)1(6)7/h7-17,29,37H,5-6H2,1-4H3,(H2,34,35)(H,36,38);2*(H,6,7). The SMILES string of the molecule is CCOc1cc(CC)cc(C(Nc2ccc3c(N)nccc3c2)c2nc(-c3cc(C)ccc3C(=O)OC)c[nH]2)c1F.O=C(O)C(F)(F)F.O=C(O)C(F)(F)F. The maximum Gasteiger partial charge on any atom is 0.490 e. The number of nitrogens with zero attached hydrogens (tertiary/aromatic N) is 2. The van der Waals surface area contributed by atoms with Crippen LogP contribution in [0.4, 0.5) is 42.2 Å². The third-order valence-corrected chi connectivity index (χ3v) is 7.46. The number of halogens is 7. The lowest BCUT2D eigenvalue weighted by atomic mass is 9.99. The number of H-pyrrole nitrogens is 1. The molecule has 0 saturated carbocycles. The predicted molar refractivity (Wildman–Crippen MR) is 186 cm³/mol. The number of aliphatic carboxylic acids is 2. The Balaban J connectivity index is 0.000000494. The molecule has 2 aromatic heterocycles. The zero-order valence-corrected chi connectivity index (χ0v) is 29.4. The van der Waals surface area contributed by atoms with E-state index in [4.69, 9.17) is 40.0 Å². The third-order valence-electron chi connectivity index (χ3n) is 7.46. The zero-order chi connectivity index (χ0) is 41.2. The molecule has 1 unspecified atom stereocenters. The van der Waals surface area contributed by atoms with Crippen LogP contribution in [-0.4, -0.2) is 69.1 Å². The second-order valence-electron chi connectivity index (χ2n) is 11.3. The number of alkyl halides is 6. The number of hydrogen-bond acceptors (Lipinski definition) is 9. The number of carboxylic acid groups (broad SMARTS) is 2. The average molecular weight is 782 g/mol. The summed E-state index contributed by atoms with van der Waals surface area (Å²) in [5.74, 6) is -5.37. The van der Waals surface area contributed by atoms with Gasteiger partial charge in [-0.25, -0.2) is 28.7 Å². The number of pyridine rings is 1. The molecule has 55 heavy (non-hydrogen) atoms. The normalized spacial score (nSPS) is 11.7. The Morgan fingerprint density at radius 1 is 0.945 bits per heavy atom. The number of aromatic amines is 1. The van der Waals surface area contributed by atoms with E-state index in [1.165, 1.54) is 7.11 Å². The molecule has 0 fully saturated rings. The Kier molecular flexibility index (Phi) is 14.1. The molecule has 0 spiro atoms. The number of carboxylic acids is 2. The number of esters is 1. The van der Waals surface area contributed by atoms with Gasteiger partial charge in [0.1, 0.15) is 17.7 Å². The molecule has 0 aliphatic heterocycles. The van der Waals surface area contributed by atoms with Gasteiger partial charge in [-0.1, -0.05) is 24.6 Å². The van der Waals surface area contributed by atoms with Crippen molar-refractivity contribution in [3.63, 3.8) is 0 Å². The average Bonchev–Trinajstić information content (AvgIpc) is 3.61. The van der Waals surface area contributed by atoms with Gasteiger partial charge < -0.3 is 35.7 Å². The number of aryl methyl sites for hydroxylation is 2. The smallest absolute Gasteiger partial charge is 0.490 e. The molecule has 0 amide bonds. The van der Waals surface area contributed by atoms with E-state index in [9.17, 15) is 31.1 Å². The highest BCUT2D eigenvalue weighted by atomic mass is 19.4. The van der Waals surface area contributed by atoms with Crippen molar-refractivity contribution < 1.29 is 64.8 Å². The van der Waals surface area contributed by atoms with E-state index in [2.05, 4.69) is 15.3 Å². The number of imidazole rings is 1. The third kappa shape index (κ3) is 11.3. The quantitative estimate of drug-likeness (QED) is 0.0723. The number of aromatic nitrogens is 3. The van der Waals surface area contributed by atoms with Gasteiger partial charge in [-0.3, -0.25) is 0 Å². The Bertz CT molecular complexity index is 2130. The molecule has 294 valence electrons. The van der Waals surface area contributed by atoms with Gasteiger partial charge in [-0.15, -0.1) is 0 Å². The van der Waals surface area contributed by atoms with Crippen LogP contribution in [0.5, 0.6) is 5.75 Å². The van der Waals surface area contributed by atoms with Crippen molar-refractivity contribution in [2.24, 2.45) is 0 Å². The van der Waals surface area contributed by atoms with Gasteiger partial charge >= 0.3 is 30.3 Å². The molecule has 0 aliphatic carbocycles. The fraction of sp³-hybridized carbons (Fsp3) is 0.250. The summed E-state index contributed by atoms with van der Waals surface area (Å²) in [6, 6.07) is 15.8. The van der Waals surface area contributed by atoms with E-state index < -0.39 is 42.1 Å². The molecular weight excluding hydrogens is 747 g/mol. The van der Waals surface area contributed by atoms with E-state index in [-0.39, 0.29) is 5.75 Å². The molecule has 19 heteroatoms. The van der Waals surface area contributed by atoms with Gasteiger partial charge in [0.15, 0.2) is 11.6 Å². The highest BCUT2D eigenvalue weighted by molar-refractivity contribution is 5.97. The number of hydrogen-bond donors (Lipinski definition) is 5. The predicted octanol–water partition coefficient (Wildman–Crippen LogP) is 7.87. The van der Waals surface area contributed by atoms with Gasteiger partial charge in [0, 0.05) is 34.6 Å². The number of carbonyl (C=O) groups is 3. The molecule has 0 radical (unpaired) electrons. The second-order valence-corrected chi connectivity index (χ2v) is 11.3. The maximum absolute atomic E-state index is 16.0. The van der Waals surface area contributed by atoms with Crippen molar-refractivity contribution in [2.45, 2.75) is 45.6 Å². The summed E-state index contributed by atoms with van der Waals surface area (Å²) in [6.07, 6.45) is -6.11. The first-order valence-electron chi connectivity index (χ1n) is 15.9. The van der Waals surface area contributed by atoms with Crippen LogP contribution in [0.25, 0.3) is 22.0 Å². The van der Waals surface area contributed by atoms with Crippen LogP contribution >= 0.6 is 0 Å². The van der Waals surface area contributed by atoms with E-state index in [1.807, 2.05) is 63.2 Å². The summed E-state index contributed by atoms with van der Waals surface area (Å²) in [5, 5.41) is 19.4. The molecule has 0 saturated heterocycles. The molecule has 2 heterocycles. The Morgan fingerprint density at radius 3 is 2.15 bits per heavy atom. The van der Waals surface area contributed by atoms with Gasteiger partial charge in [0.25, 0.3) is 0 Å². The summed E-state index contributed by atoms with van der Waals surface area (Å²) in [6.45, 7) is 6.10. The fourth-order valence-electron chi connectivity index (χ4n) is 4.89. The molecule has 3 aromatic carbocycles.